The molecule has 0 aromatic heterocycles. The molecule has 5 heteroatoms. The Morgan fingerprint density at radius 3 is 2.35 bits per heavy atom. The Labute approximate surface area is 200 Å². The predicted molar refractivity (Wildman–Crippen MR) is 134 cm³/mol. The lowest BCUT2D eigenvalue weighted by molar-refractivity contribution is -0.439. The minimum absolute atomic E-state index is 0.101. The van der Waals surface area contributed by atoms with Crippen molar-refractivity contribution in [2.75, 3.05) is 18.0 Å². The van der Waals surface area contributed by atoms with Crippen molar-refractivity contribution in [3.63, 3.8) is 0 Å². The number of anilines is 1. The van der Waals surface area contributed by atoms with E-state index in [0.717, 1.165) is 61.6 Å². The molecule has 5 rings (SSSR count). The summed E-state index contributed by atoms with van der Waals surface area (Å²) in [6.45, 7) is 5.61. The second kappa shape index (κ2) is 8.90. The molecule has 0 bridgehead atoms. The van der Waals surface area contributed by atoms with Gasteiger partial charge >= 0.3 is 0 Å². The molecule has 1 N–H and O–H groups in total. The van der Waals surface area contributed by atoms with Gasteiger partial charge in [-0.3, -0.25) is 9.59 Å². The highest BCUT2D eigenvalue weighted by molar-refractivity contribution is 6.54. The van der Waals surface area contributed by atoms with E-state index in [9.17, 15) is 14.7 Å². The van der Waals surface area contributed by atoms with Crippen molar-refractivity contribution >= 4 is 28.7 Å². The Balaban J connectivity index is 1.56. The summed E-state index contributed by atoms with van der Waals surface area (Å²) in [7, 11) is 0. The van der Waals surface area contributed by atoms with E-state index in [1.807, 2.05) is 24.3 Å². The Bertz CT molecular complexity index is 1330. The van der Waals surface area contributed by atoms with Crippen LogP contribution in [0.15, 0.2) is 83.3 Å². The zero-order valence-electron chi connectivity index (χ0n) is 19.7. The van der Waals surface area contributed by atoms with Gasteiger partial charge in [0.15, 0.2) is 5.71 Å². The number of nitrogens with zero attached hydrogens (tertiary/aromatic N) is 2. The van der Waals surface area contributed by atoms with Gasteiger partial charge in [0, 0.05) is 42.1 Å². The van der Waals surface area contributed by atoms with Gasteiger partial charge in [-0.2, -0.15) is 4.58 Å². The predicted octanol–water partition coefficient (Wildman–Crippen LogP) is 4.98. The van der Waals surface area contributed by atoms with Crippen LogP contribution in [0.25, 0.3) is 0 Å². The van der Waals surface area contributed by atoms with Gasteiger partial charge in [-0.05, 0) is 50.8 Å². The maximum absolute atomic E-state index is 12.9. The maximum atomic E-state index is 12.9. The van der Waals surface area contributed by atoms with E-state index in [1.165, 1.54) is 11.1 Å². The van der Waals surface area contributed by atoms with Crippen LogP contribution in [0.1, 0.15) is 37.8 Å². The Hall–Kier alpha value is -3.73. The number of carbonyl (C=O) groups is 2. The standard InChI is InChI=1S/C29H28N2O3/c1-3-30-21(15-13-19-9-5-7-11-25(19)30)17-23-27(32)24(29(34)28(23)33)18-22-16-14-20-10-6-8-12-26(20)31(22)4-2/h5-12,17-18H,3-4,13-16H2,1-2H3/p+1. The van der Waals surface area contributed by atoms with Gasteiger partial charge in [0.05, 0.1) is 11.1 Å². The fraction of sp³-hybridized carbons (Fsp3) is 0.276. The number of ketones is 2. The number of Topliss-reactive ketones (excluding diaryl/α,β-unsaturated/α-hetero) is 2. The molecule has 0 amide bonds. The van der Waals surface area contributed by atoms with Crippen LogP contribution in [0.5, 0.6) is 0 Å². The number of aryl methyl sites for hydroxylation is 2. The van der Waals surface area contributed by atoms with Gasteiger partial charge in [-0.1, -0.05) is 36.4 Å². The number of rotatable bonds is 4. The average molecular weight is 454 g/mol. The highest BCUT2D eigenvalue weighted by atomic mass is 16.3. The molecule has 2 aromatic carbocycles. The fourth-order valence-electron chi connectivity index (χ4n) is 5.33. The van der Waals surface area contributed by atoms with Crippen LogP contribution >= 0.6 is 0 Å². The van der Waals surface area contributed by atoms with Crippen molar-refractivity contribution in [1.82, 2.24) is 0 Å². The molecule has 172 valence electrons. The van der Waals surface area contributed by atoms with E-state index in [4.69, 9.17) is 0 Å². The number of benzene rings is 2. The quantitative estimate of drug-likeness (QED) is 0.403. The van der Waals surface area contributed by atoms with Crippen LogP contribution < -0.4 is 4.90 Å². The summed E-state index contributed by atoms with van der Waals surface area (Å²) < 4.78 is 2.16. The van der Waals surface area contributed by atoms with Crippen LogP contribution in [0, 0.1) is 0 Å². The van der Waals surface area contributed by atoms with Gasteiger partial charge in [0.1, 0.15) is 12.3 Å². The smallest absolute Gasteiger partial charge is 0.237 e. The van der Waals surface area contributed by atoms with Gasteiger partial charge < -0.3 is 10.0 Å². The van der Waals surface area contributed by atoms with Gasteiger partial charge in [-0.25, -0.2) is 0 Å². The molecule has 2 heterocycles. The second-order valence-corrected chi connectivity index (χ2v) is 8.85. The number of allylic oxidation sites excluding steroid dienone is 5. The topological polar surface area (TPSA) is 60.6 Å². The van der Waals surface area contributed by atoms with Crippen molar-refractivity contribution in [2.45, 2.75) is 39.5 Å². The molecule has 2 aliphatic heterocycles. The highest BCUT2D eigenvalue weighted by Gasteiger charge is 2.37. The first-order valence-corrected chi connectivity index (χ1v) is 12.0. The summed E-state index contributed by atoms with van der Waals surface area (Å²) in [5, 5.41) is 11.0. The number of aliphatic hydroxyl groups excluding tert-OH is 1. The summed E-state index contributed by atoms with van der Waals surface area (Å²) in [5.74, 6) is -1.48. The number of hydrogen-bond acceptors (Lipinski definition) is 4. The molecule has 34 heavy (non-hydrogen) atoms. The number of fused-ring (bicyclic) bond motifs is 2. The number of aliphatic hydroxyl groups is 1. The second-order valence-electron chi connectivity index (χ2n) is 8.85. The maximum Gasteiger partial charge on any atom is 0.237 e. The molecule has 1 aliphatic carbocycles. The van der Waals surface area contributed by atoms with Crippen LogP contribution in [-0.2, 0) is 22.4 Å². The van der Waals surface area contributed by atoms with E-state index < -0.39 is 11.6 Å². The average Bonchev–Trinajstić information content (AvgIpc) is 3.06. The lowest BCUT2D eigenvalue weighted by Crippen LogP contribution is -2.27. The Morgan fingerprint density at radius 1 is 0.882 bits per heavy atom. The molecule has 0 saturated heterocycles. The summed E-state index contributed by atoms with van der Waals surface area (Å²) in [6.07, 6.45) is 6.66. The monoisotopic (exact) mass is 453 g/mol. The largest absolute Gasteiger partial charge is 0.506 e. The molecule has 0 atom stereocenters. The zero-order valence-corrected chi connectivity index (χ0v) is 19.7. The van der Waals surface area contributed by atoms with Gasteiger partial charge in [-0.15, -0.1) is 0 Å². The molecular formula is C29H29N2O3+. The summed E-state index contributed by atoms with van der Waals surface area (Å²) in [6, 6.07) is 16.5. The van der Waals surface area contributed by atoms with Crippen LogP contribution in [0.2, 0.25) is 0 Å². The van der Waals surface area contributed by atoms with Crippen molar-refractivity contribution in [1.29, 1.82) is 0 Å². The first-order valence-electron chi connectivity index (χ1n) is 12.0. The SMILES string of the molecule is CCN1C(=CC2=C(O)C(=CC3=[N+](CC)c4ccccc4CC3)C(=O)C2=O)CCc2ccccc21. The molecule has 0 fully saturated rings. The summed E-state index contributed by atoms with van der Waals surface area (Å²) >= 11 is 0. The number of carbonyl (C=O) groups excluding carboxylic acids is 2. The third-order valence-corrected chi connectivity index (χ3v) is 7.02. The van der Waals surface area contributed by atoms with E-state index >= 15 is 0 Å². The van der Waals surface area contributed by atoms with Crippen molar-refractivity contribution in [3.05, 3.63) is 94.4 Å². The zero-order chi connectivity index (χ0) is 23.8. The van der Waals surface area contributed by atoms with Crippen LogP contribution in [-0.4, -0.2) is 40.0 Å². The van der Waals surface area contributed by atoms with Gasteiger partial charge in [0.2, 0.25) is 17.3 Å². The fourth-order valence-corrected chi connectivity index (χ4v) is 5.33. The van der Waals surface area contributed by atoms with E-state index in [0.29, 0.717) is 0 Å². The van der Waals surface area contributed by atoms with Crippen LogP contribution in [0.3, 0.4) is 0 Å². The minimum Gasteiger partial charge on any atom is -0.506 e. The number of hydrogen-bond donors (Lipinski definition) is 1. The van der Waals surface area contributed by atoms with Crippen molar-refractivity contribution in [2.24, 2.45) is 0 Å². The molecule has 5 nitrogen and oxygen atoms in total. The molecular weight excluding hydrogens is 424 g/mol. The molecule has 0 radical (unpaired) electrons. The highest BCUT2D eigenvalue weighted by Crippen LogP contribution is 2.35. The lowest BCUT2D eigenvalue weighted by Gasteiger charge is -2.33. The Morgan fingerprint density at radius 2 is 1.59 bits per heavy atom. The van der Waals surface area contributed by atoms with E-state index in [1.54, 1.807) is 12.2 Å². The third-order valence-electron chi connectivity index (χ3n) is 7.02. The van der Waals surface area contributed by atoms with E-state index in [2.05, 4.69) is 47.6 Å². The lowest BCUT2D eigenvalue weighted by atomic mass is 9.97. The third kappa shape index (κ3) is 3.61. The minimum atomic E-state index is -0.633. The van der Waals surface area contributed by atoms with Crippen LogP contribution in [0.4, 0.5) is 11.4 Å². The molecule has 0 saturated carbocycles. The molecule has 3 aliphatic rings. The van der Waals surface area contributed by atoms with Crippen molar-refractivity contribution < 1.29 is 19.3 Å². The molecule has 2 aromatic rings. The first kappa shape index (κ1) is 22.1. The van der Waals surface area contributed by atoms with E-state index in [-0.39, 0.29) is 16.9 Å². The molecule has 0 spiro atoms. The summed E-state index contributed by atoms with van der Waals surface area (Å²) in [4.78, 5) is 28.0. The van der Waals surface area contributed by atoms with Gasteiger partial charge in [0.25, 0.3) is 0 Å². The number of para-hydroxylation sites is 2. The normalized spacial score (nSPS) is 20.5. The first-order chi connectivity index (χ1) is 16.5. The van der Waals surface area contributed by atoms with Crippen molar-refractivity contribution in [3.8, 4) is 0 Å². The molecule has 0 unspecified atom stereocenters. The summed E-state index contributed by atoms with van der Waals surface area (Å²) in [5.41, 5.74) is 6.85. The Kier molecular flexibility index (Phi) is 5.78.